The van der Waals surface area contributed by atoms with Crippen molar-refractivity contribution in [2.75, 3.05) is 11.1 Å². The highest BCUT2D eigenvalue weighted by Crippen LogP contribution is 2.23. The lowest BCUT2D eigenvalue weighted by molar-refractivity contribution is -0.115. The Morgan fingerprint density at radius 1 is 1.12 bits per heavy atom. The third-order valence-electron chi connectivity index (χ3n) is 4.33. The van der Waals surface area contributed by atoms with Crippen molar-refractivity contribution in [2.24, 2.45) is 0 Å². The Bertz CT molecular complexity index is 912. The Morgan fingerprint density at radius 3 is 2.60 bits per heavy atom. The van der Waals surface area contributed by atoms with Gasteiger partial charge in [-0.2, -0.15) is 0 Å². The summed E-state index contributed by atoms with van der Waals surface area (Å²) in [6, 6.07) is 12.5. The number of anilines is 1. The lowest BCUT2D eigenvalue weighted by Gasteiger charge is -2.13. The van der Waals surface area contributed by atoms with Crippen molar-refractivity contribution in [3.05, 3.63) is 65.2 Å². The van der Waals surface area contributed by atoms with E-state index in [-0.39, 0.29) is 18.1 Å². The summed E-state index contributed by atoms with van der Waals surface area (Å²) in [6.45, 7) is 1.62. The fourth-order valence-electron chi connectivity index (χ4n) is 2.88. The fraction of sp³-hybridized carbons (Fsp3) is 0.250. The third kappa shape index (κ3) is 4.17. The number of nitrogens with one attached hydrogen (secondary N) is 1. The second kappa shape index (κ2) is 7.23. The van der Waals surface area contributed by atoms with Crippen molar-refractivity contribution in [1.29, 1.82) is 0 Å². The number of carbonyl (C=O) groups is 1. The van der Waals surface area contributed by atoms with Crippen LogP contribution < -0.4 is 5.32 Å². The molecule has 0 aromatic heterocycles. The lowest BCUT2D eigenvalue weighted by atomic mass is 9.97. The highest BCUT2D eigenvalue weighted by molar-refractivity contribution is 7.91. The Kier molecular flexibility index (Phi) is 5.04. The number of aryl methyl sites for hydroxylation is 1. The summed E-state index contributed by atoms with van der Waals surface area (Å²) < 4.78 is 23.6. The molecule has 0 saturated heterocycles. The van der Waals surface area contributed by atoms with E-state index in [0.717, 1.165) is 24.1 Å². The molecule has 5 heteroatoms. The van der Waals surface area contributed by atoms with Gasteiger partial charge in [0.1, 0.15) is 0 Å². The molecular weight excluding hydrogens is 334 g/mol. The average molecular weight is 355 g/mol. The van der Waals surface area contributed by atoms with Crippen LogP contribution in [0, 0.1) is 0 Å². The number of hydrogen-bond acceptors (Lipinski definition) is 3. The minimum atomic E-state index is -3.21. The largest absolute Gasteiger partial charge is 0.326 e. The lowest BCUT2D eigenvalue weighted by Crippen LogP contribution is -2.15. The fourth-order valence-corrected chi connectivity index (χ4v) is 3.77. The second-order valence-electron chi connectivity index (χ2n) is 6.13. The molecule has 1 amide bonds. The van der Waals surface area contributed by atoms with Crippen LogP contribution in [0.2, 0.25) is 0 Å². The maximum absolute atomic E-state index is 12.2. The van der Waals surface area contributed by atoms with Gasteiger partial charge >= 0.3 is 0 Å². The molecule has 2 aromatic rings. The van der Waals surface area contributed by atoms with Gasteiger partial charge in [0.05, 0.1) is 17.1 Å². The van der Waals surface area contributed by atoms with Crippen molar-refractivity contribution >= 4 is 27.5 Å². The third-order valence-corrected chi connectivity index (χ3v) is 6.08. The average Bonchev–Trinajstić information content (AvgIpc) is 2.62. The summed E-state index contributed by atoms with van der Waals surface area (Å²) in [7, 11) is -3.21. The molecule has 1 N–H and O–H groups in total. The summed E-state index contributed by atoms with van der Waals surface area (Å²) >= 11 is 0. The van der Waals surface area contributed by atoms with Crippen LogP contribution in [0.15, 0.2) is 53.4 Å². The van der Waals surface area contributed by atoms with Crippen molar-refractivity contribution < 1.29 is 13.2 Å². The predicted octanol–water partition coefficient (Wildman–Crippen LogP) is 3.62. The first-order chi connectivity index (χ1) is 12.0. The summed E-state index contributed by atoms with van der Waals surface area (Å²) in [5, 5.41) is 2.92. The van der Waals surface area contributed by atoms with Crippen molar-refractivity contribution in [3.8, 4) is 0 Å². The van der Waals surface area contributed by atoms with Crippen molar-refractivity contribution in [2.45, 2.75) is 31.1 Å². The van der Waals surface area contributed by atoms with Crippen LogP contribution in [0.3, 0.4) is 0 Å². The van der Waals surface area contributed by atoms with Crippen LogP contribution >= 0.6 is 0 Å². The van der Waals surface area contributed by atoms with E-state index in [1.54, 1.807) is 31.2 Å². The second-order valence-corrected chi connectivity index (χ2v) is 8.41. The predicted molar refractivity (Wildman–Crippen MR) is 100 cm³/mol. The van der Waals surface area contributed by atoms with Gasteiger partial charge in [-0.3, -0.25) is 4.79 Å². The van der Waals surface area contributed by atoms with Gasteiger partial charge in [0.2, 0.25) is 5.91 Å². The van der Waals surface area contributed by atoms with E-state index in [1.807, 2.05) is 18.2 Å². The zero-order valence-corrected chi connectivity index (χ0v) is 15.0. The Morgan fingerprint density at radius 2 is 1.88 bits per heavy atom. The van der Waals surface area contributed by atoms with Gasteiger partial charge in [-0.1, -0.05) is 37.3 Å². The van der Waals surface area contributed by atoms with Gasteiger partial charge in [-0.25, -0.2) is 8.42 Å². The zero-order chi connectivity index (χ0) is 17.9. The molecule has 0 saturated carbocycles. The van der Waals surface area contributed by atoms with Crippen molar-refractivity contribution in [3.63, 3.8) is 0 Å². The number of carbonyl (C=O) groups excluding carboxylic acids is 1. The zero-order valence-electron chi connectivity index (χ0n) is 14.2. The van der Waals surface area contributed by atoms with E-state index >= 15 is 0 Å². The molecule has 0 spiro atoms. The van der Waals surface area contributed by atoms with Gasteiger partial charge in [-0.05, 0) is 53.8 Å². The van der Waals surface area contributed by atoms with Crippen LogP contribution in [0.4, 0.5) is 5.69 Å². The maximum Gasteiger partial charge on any atom is 0.228 e. The molecule has 2 aromatic carbocycles. The molecule has 0 bridgehead atoms. The van der Waals surface area contributed by atoms with Gasteiger partial charge in [0, 0.05) is 5.69 Å². The minimum absolute atomic E-state index is 0.0698. The van der Waals surface area contributed by atoms with Gasteiger partial charge in [-0.15, -0.1) is 0 Å². The van der Waals surface area contributed by atoms with Crippen LogP contribution in [0.1, 0.15) is 30.0 Å². The number of benzene rings is 2. The number of sulfone groups is 1. The molecule has 0 fully saturated rings. The van der Waals surface area contributed by atoms with E-state index in [2.05, 4.69) is 17.5 Å². The molecule has 3 rings (SSSR count). The van der Waals surface area contributed by atoms with Crippen LogP contribution in [0.25, 0.3) is 6.08 Å². The Labute approximate surface area is 148 Å². The minimum Gasteiger partial charge on any atom is -0.326 e. The highest BCUT2D eigenvalue weighted by atomic mass is 32.2. The van der Waals surface area contributed by atoms with Gasteiger partial charge < -0.3 is 5.32 Å². The summed E-state index contributed by atoms with van der Waals surface area (Å²) in [5.41, 5.74) is 4.03. The standard InChI is InChI=1S/C20H21NO3S/c1-2-25(23,24)19-11-7-15(8-12-19)13-20(22)21-18-10-9-16-5-3-4-6-17(16)14-18/h3,5,7-12,14H,2,4,6,13H2,1H3,(H,21,22). The Hall–Kier alpha value is -2.40. The number of allylic oxidation sites excluding steroid dienone is 1. The van der Waals surface area contributed by atoms with E-state index < -0.39 is 9.84 Å². The van der Waals surface area contributed by atoms with Gasteiger partial charge in [0.15, 0.2) is 9.84 Å². The number of rotatable bonds is 5. The van der Waals surface area contributed by atoms with Crippen LogP contribution in [-0.2, 0) is 27.5 Å². The van der Waals surface area contributed by atoms with E-state index in [4.69, 9.17) is 0 Å². The topological polar surface area (TPSA) is 63.2 Å². The first-order valence-electron chi connectivity index (χ1n) is 8.39. The smallest absolute Gasteiger partial charge is 0.228 e. The summed E-state index contributed by atoms with van der Waals surface area (Å²) in [4.78, 5) is 12.5. The maximum atomic E-state index is 12.2. The molecule has 1 aliphatic rings. The molecule has 25 heavy (non-hydrogen) atoms. The van der Waals surface area contributed by atoms with Crippen LogP contribution in [0.5, 0.6) is 0 Å². The highest BCUT2D eigenvalue weighted by Gasteiger charge is 2.12. The quantitative estimate of drug-likeness (QED) is 0.891. The van der Waals surface area contributed by atoms with E-state index in [1.165, 1.54) is 11.1 Å². The number of amides is 1. The molecule has 0 heterocycles. The van der Waals surface area contributed by atoms with E-state index in [9.17, 15) is 13.2 Å². The summed E-state index contributed by atoms with van der Waals surface area (Å²) in [5.74, 6) is -0.0437. The first kappa shape index (κ1) is 17.4. The molecule has 130 valence electrons. The number of hydrogen-bond donors (Lipinski definition) is 1. The molecule has 0 radical (unpaired) electrons. The molecule has 0 unspecified atom stereocenters. The number of fused-ring (bicyclic) bond motifs is 1. The van der Waals surface area contributed by atoms with Crippen LogP contribution in [-0.4, -0.2) is 20.1 Å². The van der Waals surface area contributed by atoms with Crippen molar-refractivity contribution in [1.82, 2.24) is 0 Å². The molecular formula is C20H21NO3S. The molecule has 0 atom stereocenters. The Balaban J connectivity index is 1.66. The molecule has 0 aliphatic heterocycles. The monoisotopic (exact) mass is 355 g/mol. The molecule has 4 nitrogen and oxygen atoms in total. The van der Waals surface area contributed by atoms with Gasteiger partial charge in [0.25, 0.3) is 0 Å². The summed E-state index contributed by atoms with van der Waals surface area (Å²) in [6.07, 6.45) is 6.49. The first-order valence-corrected chi connectivity index (χ1v) is 10.0. The molecule has 1 aliphatic carbocycles. The SMILES string of the molecule is CCS(=O)(=O)c1ccc(CC(=O)Nc2ccc3c(c2)CCC=C3)cc1. The normalized spacial score (nSPS) is 13.3. The van der Waals surface area contributed by atoms with E-state index in [0.29, 0.717) is 4.90 Å².